The zero-order valence-electron chi connectivity index (χ0n) is 20.1. The molecular weight excluding hydrogens is 502 g/mol. The van der Waals surface area contributed by atoms with Gasteiger partial charge in [0.25, 0.3) is 0 Å². The fraction of sp³-hybridized carbons (Fsp3) is 0.192. The monoisotopic (exact) mass is 525 g/mol. The van der Waals surface area contributed by atoms with Crippen LogP contribution in [0.2, 0.25) is 5.02 Å². The Labute approximate surface area is 213 Å². The SMILES string of the molecule is COc1ccc(NC(=O)Cn2cc(S(=O)(=O)c3ccc(C)c(C)c3)c(=O)c3ccc(C)nc32)cc1Cl. The van der Waals surface area contributed by atoms with Crippen LogP contribution >= 0.6 is 11.6 Å². The molecule has 0 aliphatic carbocycles. The summed E-state index contributed by atoms with van der Waals surface area (Å²) in [6.45, 7) is 5.13. The van der Waals surface area contributed by atoms with E-state index in [4.69, 9.17) is 16.3 Å². The number of ether oxygens (including phenoxy) is 1. The zero-order chi connectivity index (χ0) is 26.2. The van der Waals surface area contributed by atoms with E-state index in [1.165, 1.54) is 36.1 Å². The van der Waals surface area contributed by atoms with Gasteiger partial charge in [0.05, 0.1) is 22.4 Å². The van der Waals surface area contributed by atoms with E-state index in [-0.39, 0.29) is 22.5 Å². The van der Waals surface area contributed by atoms with Gasteiger partial charge in [0, 0.05) is 17.6 Å². The summed E-state index contributed by atoms with van der Waals surface area (Å²) < 4.78 is 33.5. The maximum atomic E-state index is 13.5. The molecule has 0 atom stereocenters. The average molecular weight is 526 g/mol. The summed E-state index contributed by atoms with van der Waals surface area (Å²) >= 11 is 6.14. The lowest BCUT2D eigenvalue weighted by Crippen LogP contribution is -2.24. The van der Waals surface area contributed by atoms with Crippen LogP contribution in [0.1, 0.15) is 16.8 Å². The standard InChI is InChI=1S/C26H24ClN3O5S/c1-15-5-8-19(11-16(15)2)36(33,34)23-13-30(26-20(25(23)32)9-6-17(3)28-26)14-24(31)29-18-7-10-22(35-4)21(27)12-18/h5-13H,14H2,1-4H3,(H,29,31). The number of nitrogens with zero attached hydrogens (tertiary/aromatic N) is 2. The molecule has 2 aromatic carbocycles. The minimum atomic E-state index is -4.17. The first kappa shape index (κ1) is 25.4. The highest BCUT2D eigenvalue weighted by Gasteiger charge is 2.25. The second-order valence-electron chi connectivity index (χ2n) is 8.42. The summed E-state index contributed by atoms with van der Waals surface area (Å²) in [6, 6.07) is 12.6. The molecule has 0 aliphatic heterocycles. The van der Waals surface area contributed by atoms with E-state index in [2.05, 4.69) is 10.3 Å². The predicted octanol–water partition coefficient (Wildman–Crippen LogP) is 4.46. The maximum Gasteiger partial charge on any atom is 0.244 e. The van der Waals surface area contributed by atoms with E-state index < -0.39 is 26.1 Å². The highest BCUT2D eigenvalue weighted by atomic mass is 35.5. The fourth-order valence-corrected chi connectivity index (χ4v) is 5.46. The van der Waals surface area contributed by atoms with Crippen LogP contribution in [-0.2, 0) is 21.2 Å². The molecule has 0 saturated carbocycles. The van der Waals surface area contributed by atoms with Gasteiger partial charge in [-0.15, -0.1) is 0 Å². The Balaban J connectivity index is 1.79. The number of benzene rings is 2. The highest BCUT2D eigenvalue weighted by Crippen LogP contribution is 2.27. The van der Waals surface area contributed by atoms with Crippen molar-refractivity contribution in [1.82, 2.24) is 9.55 Å². The number of sulfone groups is 1. The predicted molar refractivity (Wildman–Crippen MR) is 139 cm³/mol. The van der Waals surface area contributed by atoms with Gasteiger partial charge in [-0.1, -0.05) is 17.7 Å². The maximum absolute atomic E-state index is 13.5. The van der Waals surface area contributed by atoms with Crippen molar-refractivity contribution in [3.8, 4) is 5.75 Å². The number of aryl methyl sites for hydroxylation is 3. The molecular formula is C26H24ClN3O5S. The number of aromatic nitrogens is 2. The number of hydrogen-bond donors (Lipinski definition) is 1. The Morgan fingerprint density at radius 2 is 1.81 bits per heavy atom. The van der Waals surface area contributed by atoms with Gasteiger partial charge in [-0.25, -0.2) is 13.4 Å². The number of hydrogen-bond acceptors (Lipinski definition) is 6. The van der Waals surface area contributed by atoms with Gasteiger partial charge < -0.3 is 14.6 Å². The molecule has 0 fully saturated rings. The molecule has 4 rings (SSSR count). The summed E-state index contributed by atoms with van der Waals surface area (Å²) in [5.74, 6) is 0.000882. The summed E-state index contributed by atoms with van der Waals surface area (Å²) in [5, 5.41) is 3.15. The summed E-state index contributed by atoms with van der Waals surface area (Å²) in [6.07, 6.45) is 1.18. The van der Waals surface area contributed by atoms with E-state index in [9.17, 15) is 18.0 Å². The van der Waals surface area contributed by atoms with E-state index in [0.29, 0.717) is 22.2 Å². The van der Waals surface area contributed by atoms with E-state index >= 15 is 0 Å². The Kier molecular flexibility index (Phi) is 6.88. The minimum Gasteiger partial charge on any atom is -0.495 e. The third kappa shape index (κ3) is 4.84. The van der Waals surface area contributed by atoms with Crippen LogP contribution in [-0.4, -0.2) is 31.0 Å². The lowest BCUT2D eigenvalue weighted by molar-refractivity contribution is -0.116. The second-order valence-corrected chi connectivity index (χ2v) is 10.7. The second kappa shape index (κ2) is 9.75. The van der Waals surface area contributed by atoms with Crippen LogP contribution in [0.4, 0.5) is 5.69 Å². The number of amides is 1. The van der Waals surface area contributed by atoms with E-state index in [1.807, 2.05) is 6.92 Å². The Morgan fingerprint density at radius 1 is 1.06 bits per heavy atom. The first-order valence-electron chi connectivity index (χ1n) is 11.0. The van der Waals surface area contributed by atoms with Crippen molar-refractivity contribution in [2.45, 2.75) is 37.1 Å². The summed E-state index contributed by atoms with van der Waals surface area (Å²) in [5.41, 5.74) is 2.30. The summed E-state index contributed by atoms with van der Waals surface area (Å²) in [7, 11) is -2.68. The molecule has 2 heterocycles. The Bertz CT molecular complexity index is 1680. The fourth-order valence-electron chi connectivity index (χ4n) is 3.75. The molecule has 36 heavy (non-hydrogen) atoms. The minimum absolute atomic E-state index is 0.00555. The molecule has 4 aromatic rings. The van der Waals surface area contributed by atoms with E-state index in [1.54, 1.807) is 44.2 Å². The van der Waals surface area contributed by atoms with Gasteiger partial charge in [-0.3, -0.25) is 9.59 Å². The van der Waals surface area contributed by atoms with Gasteiger partial charge in [0.1, 0.15) is 22.8 Å². The molecule has 0 unspecified atom stereocenters. The van der Waals surface area contributed by atoms with Gasteiger partial charge in [-0.2, -0.15) is 0 Å². The first-order valence-corrected chi connectivity index (χ1v) is 12.8. The third-order valence-electron chi connectivity index (χ3n) is 5.86. The van der Waals surface area contributed by atoms with Crippen LogP contribution < -0.4 is 15.5 Å². The number of anilines is 1. The lowest BCUT2D eigenvalue weighted by atomic mass is 10.1. The van der Waals surface area contributed by atoms with Crippen molar-refractivity contribution in [1.29, 1.82) is 0 Å². The van der Waals surface area contributed by atoms with Crippen LogP contribution in [0.3, 0.4) is 0 Å². The molecule has 1 amide bonds. The number of fused-ring (bicyclic) bond motifs is 1. The topological polar surface area (TPSA) is 107 Å². The molecule has 0 radical (unpaired) electrons. The van der Waals surface area contributed by atoms with Crippen LogP contribution in [0.25, 0.3) is 11.0 Å². The number of carbonyl (C=O) groups excluding carboxylic acids is 1. The number of methoxy groups -OCH3 is 1. The van der Waals surface area contributed by atoms with Crippen LogP contribution in [0.15, 0.2) is 69.3 Å². The van der Waals surface area contributed by atoms with Gasteiger partial charge in [0.15, 0.2) is 0 Å². The third-order valence-corrected chi connectivity index (χ3v) is 7.90. The van der Waals surface area contributed by atoms with Crippen molar-refractivity contribution in [2.75, 3.05) is 12.4 Å². The van der Waals surface area contributed by atoms with Crippen molar-refractivity contribution in [3.63, 3.8) is 0 Å². The molecule has 0 saturated heterocycles. The van der Waals surface area contributed by atoms with E-state index in [0.717, 1.165) is 11.1 Å². The number of pyridine rings is 2. The molecule has 1 N–H and O–H groups in total. The molecule has 0 aliphatic rings. The Hall–Kier alpha value is -3.69. The number of halogens is 1. The lowest BCUT2D eigenvalue weighted by Gasteiger charge is -2.14. The summed E-state index contributed by atoms with van der Waals surface area (Å²) in [4.78, 5) is 30.2. The number of carbonyl (C=O) groups is 1. The highest BCUT2D eigenvalue weighted by molar-refractivity contribution is 7.91. The largest absolute Gasteiger partial charge is 0.495 e. The Morgan fingerprint density at radius 3 is 2.47 bits per heavy atom. The normalized spacial score (nSPS) is 11.5. The quantitative estimate of drug-likeness (QED) is 0.398. The van der Waals surface area contributed by atoms with Gasteiger partial charge in [-0.05, 0) is 74.4 Å². The van der Waals surface area contributed by atoms with Crippen molar-refractivity contribution in [2.24, 2.45) is 0 Å². The molecule has 10 heteroatoms. The number of nitrogens with one attached hydrogen (secondary N) is 1. The molecule has 186 valence electrons. The van der Waals surface area contributed by atoms with Crippen molar-refractivity contribution < 1.29 is 17.9 Å². The average Bonchev–Trinajstić information content (AvgIpc) is 2.82. The first-order chi connectivity index (χ1) is 17.0. The smallest absolute Gasteiger partial charge is 0.244 e. The number of rotatable bonds is 6. The van der Waals surface area contributed by atoms with Crippen LogP contribution in [0.5, 0.6) is 5.75 Å². The van der Waals surface area contributed by atoms with Crippen molar-refractivity contribution in [3.05, 3.63) is 86.8 Å². The van der Waals surface area contributed by atoms with Gasteiger partial charge in [0.2, 0.25) is 21.2 Å². The zero-order valence-corrected chi connectivity index (χ0v) is 21.7. The van der Waals surface area contributed by atoms with Crippen LogP contribution in [0, 0.1) is 20.8 Å². The molecule has 2 aromatic heterocycles. The van der Waals surface area contributed by atoms with Gasteiger partial charge >= 0.3 is 0 Å². The van der Waals surface area contributed by atoms with Crippen molar-refractivity contribution >= 4 is 44.1 Å². The molecule has 8 nitrogen and oxygen atoms in total. The molecule has 0 spiro atoms. The molecule has 0 bridgehead atoms.